The van der Waals surface area contributed by atoms with Gasteiger partial charge in [-0.25, -0.2) is 9.13 Å². The Morgan fingerprint density at radius 3 is 0.835 bits per heavy atom. The Kier molecular flexibility index (Phi) is 54.8. The van der Waals surface area contributed by atoms with Crippen LogP contribution in [0.5, 0.6) is 0 Å². The van der Waals surface area contributed by atoms with Gasteiger partial charge < -0.3 is 33.8 Å². The maximum atomic E-state index is 13.0. The minimum Gasteiger partial charge on any atom is -0.462 e. The van der Waals surface area contributed by atoms with E-state index >= 15 is 0 Å². The number of esters is 4. The van der Waals surface area contributed by atoms with E-state index in [1.165, 1.54) is 116 Å². The lowest BCUT2D eigenvalue weighted by Crippen LogP contribution is -2.30. The third-order valence-electron chi connectivity index (χ3n) is 15.4. The first-order valence-corrected chi connectivity index (χ1v) is 37.2. The number of aliphatic hydroxyl groups excluding tert-OH is 1. The van der Waals surface area contributed by atoms with Crippen LogP contribution in [-0.2, 0) is 65.4 Å². The summed E-state index contributed by atoms with van der Waals surface area (Å²) in [5.74, 6) is 0.792. The Morgan fingerprint density at radius 1 is 0.329 bits per heavy atom. The van der Waals surface area contributed by atoms with Crippen molar-refractivity contribution in [2.24, 2.45) is 23.7 Å². The van der Waals surface area contributed by atoms with Crippen molar-refractivity contribution in [3.8, 4) is 0 Å². The molecule has 4 unspecified atom stereocenters. The predicted octanol–water partition coefficient (Wildman–Crippen LogP) is 18.1. The van der Waals surface area contributed by atoms with Gasteiger partial charge in [0.05, 0.1) is 26.4 Å². The molecule has 0 bridgehead atoms. The zero-order valence-electron chi connectivity index (χ0n) is 55.2. The normalized spacial score (nSPS) is 14.7. The molecule has 0 rings (SSSR count). The van der Waals surface area contributed by atoms with Crippen molar-refractivity contribution in [2.45, 2.75) is 337 Å². The largest absolute Gasteiger partial charge is 0.472 e. The summed E-state index contributed by atoms with van der Waals surface area (Å²) in [5.41, 5.74) is 0. The number of ether oxygens (including phenoxy) is 4. The van der Waals surface area contributed by atoms with Crippen LogP contribution in [-0.4, -0.2) is 96.7 Å². The molecule has 19 heteroatoms. The van der Waals surface area contributed by atoms with E-state index in [-0.39, 0.29) is 25.7 Å². The molecule has 6 atom stereocenters. The van der Waals surface area contributed by atoms with Crippen molar-refractivity contribution in [3.63, 3.8) is 0 Å². The molecule has 0 saturated heterocycles. The highest BCUT2D eigenvalue weighted by molar-refractivity contribution is 7.47. The lowest BCUT2D eigenvalue weighted by atomic mass is 9.99. The van der Waals surface area contributed by atoms with Gasteiger partial charge in [-0.2, -0.15) is 0 Å². The van der Waals surface area contributed by atoms with E-state index in [0.29, 0.717) is 37.5 Å². The van der Waals surface area contributed by atoms with Crippen LogP contribution in [0.15, 0.2) is 0 Å². The molecular formula is C66H128O17P2. The van der Waals surface area contributed by atoms with E-state index in [9.17, 15) is 43.2 Å². The average molecular weight is 1260 g/mol. The monoisotopic (exact) mass is 1250 g/mol. The van der Waals surface area contributed by atoms with Crippen LogP contribution in [0.1, 0.15) is 319 Å². The first-order valence-electron chi connectivity index (χ1n) is 34.2. The summed E-state index contributed by atoms with van der Waals surface area (Å²) in [4.78, 5) is 72.3. The van der Waals surface area contributed by atoms with Crippen LogP contribution in [0, 0.1) is 23.7 Å². The van der Waals surface area contributed by atoms with Crippen LogP contribution < -0.4 is 0 Å². The van der Waals surface area contributed by atoms with Gasteiger partial charge in [0, 0.05) is 25.7 Å². The summed E-state index contributed by atoms with van der Waals surface area (Å²) < 4.78 is 68.1. The zero-order chi connectivity index (χ0) is 63.2. The molecule has 504 valence electrons. The number of rotatable bonds is 63. The van der Waals surface area contributed by atoms with Crippen LogP contribution >= 0.6 is 15.6 Å². The predicted molar refractivity (Wildman–Crippen MR) is 340 cm³/mol. The number of phosphoric ester groups is 2. The van der Waals surface area contributed by atoms with Crippen LogP contribution in [0.2, 0.25) is 0 Å². The Bertz CT molecular complexity index is 1700. The van der Waals surface area contributed by atoms with Crippen molar-refractivity contribution < 1.29 is 80.2 Å². The van der Waals surface area contributed by atoms with Gasteiger partial charge in [-0.1, -0.05) is 267 Å². The lowest BCUT2D eigenvalue weighted by Gasteiger charge is -2.21. The van der Waals surface area contributed by atoms with Gasteiger partial charge in [0.15, 0.2) is 12.2 Å². The van der Waals surface area contributed by atoms with Gasteiger partial charge in [0.1, 0.15) is 19.3 Å². The molecule has 0 aliphatic carbocycles. The van der Waals surface area contributed by atoms with E-state index in [1.807, 2.05) is 0 Å². The summed E-state index contributed by atoms with van der Waals surface area (Å²) in [7, 11) is -9.89. The minimum absolute atomic E-state index is 0.102. The number of hydrogen-bond acceptors (Lipinski definition) is 15. The van der Waals surface area contributed by atoms with Crippen molar-refractivity contribution in [2.75, 3.05) is 39.6 Å². The van der Waals surface area contributed by atoms with Crippen molar-refractivity contribution in [3.05, 3.63) is 0 Å². The number of aliphatic hydroxyl groups is 1. The van der Waals surface area contributed by atoms with Crippen LogP contribution in [0.25, 0.3) is 0 Å². The van der Waals surface area contributed by atoms with Crippen molar-refractivity contribution in [1.82, 2.24) is 0 Å². The van der Waals surface area contributed by atoms with Crippen LogP contribution in [0.4, 0.5) is 0 Å². The maximum Gasteiger partial charge on any atom is 0.472 e. The number of phosphoric acid groups is 2. The van der Waals surface area contributed by atoms with Crippen LogP contribution in [0.3, 0.4) is 0 Å². The summed E-state index contributed by atoms with van der Waals surface area (Å²) in [5, 5.41) is 10.5. The molecule has 0 amide bonds. The number of carbonyl (C=O) groups excluding carboxylic acids is 4. The molecule has 0 fully saturated rings. The quantitative estimate of drug-likeness (QED) is 0.0222. The second kappa shape index (κ2) is 56.1. The standard InChI is InChI=1S/C66H128O17P2/c1-9-59(8)45-37-29-21-12-10-11-13-23-32-40-48-65(70)82-61(53-77-64(69)47-39-31-24-16-19-27-35-43-57(4)5)54-80-84(72,73)78-50-60(67)51-79-85(74,75)81-55-62(83-66(71)49-41-33-25-17-20-28-36-44-58(6)7)52-76-63(68)46-38-30-22-15-14-18-26-34-42-56(2)3/h56-62,67H,9-55H2,1-8H3,(H,72,73)(H,74,75)/t59?,60?,61-,62-/m1/s1. The number of hydrogen-bond donors (Lipinski definition) is 3. The average Bonchev–Trinajstić information content (AvgIpc) is 3.57. The first-order chi connectivity index (χ1) is 40.6. The van der Waals surface area contributed by atoms with E-state index in [2.05, 4.69) is 55.4 Å². The molecule has 0 aromatic carbocycles. The molecular weight excluding hydrogens is 1130 g/mol. The summed E-state index contributed by atoms with van der Waals surface area (Å²) in [6.45, 7) is 14.0. The molecule has 0 spiro atoms. The molecule has 0 saturated carbocycles. The molecule has 0 heterocycles. The zero-order valence-corrected chi connectivity index (χ0v) is 57.0. The molecule has 0 aromatic heterocycles. The summed E-state index contributed by atoms with van der Waals surface area (Å²) in [6, 6.07) is 0. The van der Waals surface area contributed by atoms with Gasteiger partial charge >= 0.3 is 39.5 Å². The summed E-state index contributed by atoms with van der Waals surface area (Å²) in [6.07, 6.45) is 36.3. The molecule has 0 aliphatic rings. The Labute approximate surface area is 517 Å². The fourth-order valence-corrected chi connectivity index (χ4v) is 11.3. The van der Waals surface area contributed by atoms with E-state index in [4.69, 9.17) is 37.0 Å². The molecule has 3 N–H and O–H groups in total. The highest BCUT2D eigenvalue weighted by atomic mass is 31.2. The number of carbonyl (C=O) groups is 4. The third-order valence-corrected chi connectivity index (χ3v) is 17.3. The Hall–Kier alpha value is -1.94. The maximum absolute atomic E-state index is 13.0. The molecule has 85 heavy (non-hydrogen) atoms. The molecule has 0 radical (unpaired) electrons. The van der Waals surface area contributed by atoms with Gasteiger partial charge in [-0.3, -0.25) is 37.3 Å². The van der Waals surface area contributed by atoms with Gasteiger partial charge in [-0.05, 0) is 49.4 Å². The van der Waals surface area contributed by atoms with E-state index in [1.54, 1.807) is 0 Å². The fraction of sp³-hybridized carbons (Fsp3) is 0.939. The molecule has 17 nitrogen and oxygen atoms in total. The second-order valence-electron chi connectivity index (χ2n) is 25.5. The van der Waals surface area contributed by atoms with Gasteiger partial charge in [0.25, 0.3) is 0 Å². The van der Waals surface area contributed by atoms with Crippen molar-refractivity contribution >= 4 is 39.5 Å². The van der Waals surface area contributed by atoms with Crippen molar-refractivity contribution in [1.29, 1.82) is 0 Å². The second-order valence-corrected chi connectivity index (χ2v) is 28.4. The third kappa shape index (κ3) is 59.5. The smallest absolute Gasteiger partial charge is 0.462 e. The lowest BCUT2D eigenvalue weighted by molar-refractivity contribution is -0.161. The Morgan fingerprint density at radius 2 is 0.565 bits per heavy atom. The van der Waals surface area contributed by atoms with E-state index in [0.717, 1.165) is 108 Å². The molecule has 0 aliphatic heterocycles. The topological polar surface area (TPSA) is 237 Å². The van der Waals surface area contributed by atoms with Gasteiger partial charge in [-0.15, -0.1) is 0 Å². The van der Waals surface area contributed by atoms with E-state index < -0.39 is 97.5 Å². The van der Waals surface area contributed by atoms with Gasteiger partial charge in [0.2, 0.25) is 0 Å². The SMILES string of the molecule is CCC(C)CCCCCCCCCCCCC(=O)O[C@H](COC(=O)CCCCCCCCCC(C)C)COP(=O)(O)OCC(O)COP(=O)(O)OC[C@@H](COC(=O)CCCCCCCCCCC(C)C)OC(=O)CCCCCCCCCC(C)C. The Balaban J connectivity index is 5.25. The fourth-order valence-electron chi connectivity index (χ4n) is 9.75. The molecule has 0 aromatic rings. The first kappa shape index (κ1) is 83.1. The minimum atomic E-state index is -4.95. The number of unbranched alkanes of at least 4 members (excludes halogenated alkanes) is 28. The highest BCUT2D eigenvalue weighted by Crippen LogP contribution is 2.45. The highest BCUT2D eigenvalue weighted by Gasteiger charge is 2.30. The summed E-state index contributed by atoms with van der Waals surface area (Å²) >= 11 is 0.